The fraction of sp³-hybridized carbons (Fsp3) is 0.118. The van der Waals surface area contributed by atoms with Crippen molar-refractivity contribution in [2.24, 2.45) is 0 Å². The third-order valence-corrected chi connectivity index (χ3v) is 5.17. The van der Waals surface area contributed by atoms with Crippen LogP contribution in [0.4, 0.5) is 5.69 Å². The van der Waals surface area contributed by atoms with Crippen molar-refractivity contribution in [3.05, 3.63) is 71.3 Å². The summed E-state index contributed by atoms with van der Waals surface area (Å²) < 4.78 is 26.8. The number of benzene rings is 2. The summed E-state index contributed by atoms with van der Waals surface area (Å²) >= 11 is 5.96. The standard InChI is InChI=1S/C17H17ClN2O4S/c1-2-8-19-25(23,24)16-10-13(6-7-15(16)18)17(22)20-14-5-3-4-12(9-14)11-21/h2-7,9-10,19,21H,1,8,11H2,(H,20,22). The van der Waals surface area contributed by atoms with Gasteiger partial charge in [-0.1, -0.05) is 29.8 Å². The molecule has 1 amide bonds. The quantitative estimate of drug-likeness (QED) is 0.643. The van der Waals surface area contributed by atoms with E-state index < -0.39 is 15.9 Å². The first-order valence-corrected chi connectivity index (χ1v) is 9.15. The molecule has 0 aliphatic heterocycles. The maximum absolute atomic E-state index is 12.4. The molecule has 132 valence electrons. The third-order valence-electron chi connectivity index (χ3n) is 3.27. The number of hydrogen-bond donors (Lipinski definition) is 3. The van der Waals surface area contributed by atoms with Crippen LogP contribution in [0, 0.1) is 0 Å². The van der Waals surface area contributed by atoms with Gasteiger partial charge in [-0.2, -0.15) is 0 Å². The lowest BCUT2D eigenvalue weighted by atomic mass is 10.2. The minimum absolute atomic E-state index is 0.00962. The highest BCUT2D eigenvalue weighted by Crippen LogP contribution is 2.23. The number of rotatable bonds is 7. The Kier molecular flexibility index (Phi) is 6.33. The highest BCUT2D eigenvalue weighted by Gasteiger charge is 2.19. The Balaban J connectivity index is 2.29. The molecule has 0 heterocycles. The topological polar surface area (TPSA) is 95.5 Å². The fourth-order valence-electron chi connectivity index (χ4n) is 2.05. The van der Waals surface area contributed by atoms with Crippen LogP contribution in [0.3, 0.4) is 0 Å². The average Bonchev–Trinajstić information content (AvgIpc) is 2.60. The fourth-order valence-corrected chi connectivity index (χ4v) is 3.57. The molecule has 25 heavy (non-hydrogen) atoms. The van der Waals surface area contributed by atoms with E-state index in [0.717, 1.165) is 0 Å². The van der Waals surface area contributed by atoms with E-state index in [9.17, 15) is 13.2 Å². The Bertz CT molecular complexity index is 897. The first-order valence-electron chi connectivity index (χ1n) is 7.28. The van der Waals surface area contributed by atoms with Crippen LogP contribution in [-0.4, -0.2) is 26.0 Å². The van der Waals surface area contributed by atoms with E-state index in [1.54, 1.807) is 24.3 Å². The number of carbonyl (C=O) groups excluding carboxylic acids is 1. The van der Waals surface area contributed by atoms with Gasteiger partial charge in [0.25, 0.3) is 5.91 Å². The van der Waals surface area contributed by atoms with Crippen LogP contribution in [0.15, 0.2) is 60.0 Å². The van der Waals surface area contributed by atoms with Gasteiger partial charge in [0.15, 0.2) is 0 Å². The summed E-state index contributed by atoms with van der Waals surface area (Å²) in [6.07, 6.45) is 1.40. The molecule has 3 N–H and O–H groups in total. The van der Waals surface area contributed by atoms with Crippen LogP contribution in [-0.2, 0) is 16.6 Å². The van der Waals surface area contributed by atoms with Crippen LogP contribution in [0.5, 0.6) is 0 Å². The van der Waals surface area contributed by atoms with E-state index in [4.69, 9.17) is 16.7 Å². The van der Waals surface area contributed by atoms with E-state index in [1.807, 2.05) is 0 Å². The number of aliphatic hydroxyl groups excluding tert-OH is 1. The highest BCUT2D eigenvalue weighted by atomic mass is 35.5. The zero-order chi connectivity index (χ0) is 18.4. The van der Waals surface area contributed by atoms with E-state index in [1.165, 1.54) is 24.3 Å². The molecule has 2 aromatic rings. The van der Waals surface area contributed by atoms with Gasteiger partial charge in [-0.05, 0) is 35.9 Å². The molecular formula is C17H17ClN2O4S. The smallest absolute Gasteiger partial charge is 0.255 e. The van der Waals surface area contributed by atoms with Crippen molar-refractivity contribution < 1.29 is 18.3 Å². The van der Waals surface area contributed by atoms with E-state index >= 15 is 0 Å². The number of amides is 1. The number of sulfonamides is 1. The molecule has 8 heteroatoms. The summed E-state index contributed by atoms with van der Waals surface area (Å²) in [6, 6.07) is 10.7. The van der Waals surface area contributed by atoms with Crippen LogP contribution >= 0.6 is 11.6 Å². The summed E-state index contributed by atoms with van der Waals surface area (Å²) in [7, 11) is -3.86. The van der Waals surface area contributed by atoms with Crippen LogP contribution in [0.25, 0.3) is 0 Å². The van der Waals surface area contributed by atoms with Crippen molar-refractivity contribution in [3.8, 4) is 0 Å². The first kappa shape index (κ1) is 19.1. The second-order valence-electron chi connectivity index (χ2n) is 5.10. The first-order chi connectivity index (χ1) is 11.9. The molecule has 0 aliphatic rings. The summed E-state index contributed by atoms with van der Waals surface area (Å²) in [6.45, 7) is 3.34. The second kappa shape index (κ2) is 8.26. The number of anilines is 1. The van der Waals surface area contributed by atoms with Gasteiger partial charge >= 0.3 is 0 Å². The van der Waals surface area contributed by atoms with Gasteiger partial charge in [0.2, 0.25) is 10.0 Å². The van der Waals surface area contributed by atoms with Gasteiger partial charge in [0.05, 0.1) is 11.6 Å². The van der Waals surface area contributed by atoms with Gasteiger partial charge in [0, 0.05) is 17.8 Å². The number of carbonyl (C=O) groups is 1. The molecule has 0 unspecified atom stereocenters. The Labute approximate surface area is 151 Å². The van der Waals surface area contributed by atoms with E-state index in [2.05, 4.69) is 16.6 Å². The second-order valence-corrected chi connectivity index (χ2v) is 7.24. The number of hydrogen-bond acceptors (Lipinski definition) is 4. The molecule has 2 aromatic carbocycles. The van der Waals surface area contributed by atoms with Crippen molar-refractivity contribution in [1.82, 2.24) is 4.72 Å². The molecule has 0 bridgehead atoms. The summed E-state index contributed by atoms with van der Waals surface area (Å²) in [5, 5.41) is 11.8. The molecule has 0 saturated carbocycles. The lowest BCUT2D eigenvalue weighted by Crippen LogP contribution is -2.24. The number of nitrogens with one attached hydrogen (secondary N) is 2. The zero-order valence-corrected chi connectivity index (χ0v) is 14.8. The summed E-state index contributed by atoms with van der Waals surface area (Å²) in [5.74, 6) is -0.494. The highest BCUT2D eigenvalue weighted by molar-refractivity contribution is 7.89. The summed E-state index contributed by atoms with van der Waals surface area (Å²) in [4.78, 5) is 12.2. The van der Waals surface area contributed by atoms with Crippen molar-refractivity contribution in [2.45, 2.75) is 11.5 Å². The number of aliphatic hydroxyl groups is 1. The maximum atomic E-state index is 12.4. The molecule has 0 aliphatic carbocycles. The van der Waals surface area contributed by atoms with Crippen molar-refractivity contribution in [2.75, 3.05) is 11.9 Å². The van der Waals surface area contributed by atoms with Crippen molar-refractivity contribution in [3.63, 3.8) is 0 Å². The molecule has 0 atom stereocenters. The van der Waals surface area contributed by atoms with Gasteiger partial charge in [-0.15, -0.1) is 6.58 Å². The predicted molar refractivity (Wildman–Crippen MR) is 97.2 cm³/mol. The van der Waals surface area contributed by atoms with Gasteiger partial charge < -0.3 is 10.4 Å². The lowest BCUT2D eigenvalue weighted by molar-refractivity contribution is 0.102. The SMILES string of the molecule is C=CCNS(=O)(=O)c1cc(C(=O)Nc2cccc(CO)c2)ccc1Cl. The maximum Gasteiger partial charge on any atom is 0.255 e. The van der Waals surface area contributed by atoms with Crippen LogP contribution in [0.1, 0.15) is 15.9 Å². The Morgan fingerprint density at radius 3 is 2.68 bits per heavy atom. The van der Waals surface area contributed by atoms with Gasteiger partial charge in [0.1, 0.15) is 4.90 Å². The Morgan fingerprint density at radius 1 is 1.24 bits per heavy atom. The average molecular weight is 381 g/mol. The minimum Gasteiger partial charge on any atom is -0.392 e. The van der Waals surface area contributed by atoms with Crippen molar-refractivity contribution in [1.29, 1.82) is 0 Å². The molecule has 0 spiro atoms. The minimum atomic E-state index is -3.86. The molecule has 0 saturated heterocycles. The Hall–Kier alpha value is -2.19. The molecule has 0 fully saturated rings. The van der Waals surface area contributed by atoms with Gasteiger partial charge in [-0.25, -0.2) is 13.1 Å². The zero-order valence-electron chi connectivity index (χ0n) is 13.2. The normalized spacial score (nSPS) is 11.1. The van der Waals surface area contributed by atoms with Crippen molar-refractivity contribution >= 4 is 33.2 Å². The number of halogens is 1. The van der Waals surface area contributed by atoms with Gasteiger partial charge in [-0.3, -0.25) is 4.79 Å². The molecule has 0 radical (unpaired) electrons. The Morgan fingerprint density at radius 2 is 2.00 bits per heavy atom. The molecule has 2 rings (SSSR count). The predicted octanol–water partition coefficient (Wildman–Crippen LogP) is 2.55. The molecule has 6 nitrogen and oxygen atoms in total. The molecule has 0 aromatic heterocycles. The van der Waals surface area contributed by atoms with E-state index in [0.29, 0.717) is 11.3 Å². The third kappa shape index (κ3) is 4.90. The van der Waals surface area contributed by atoms with E-state index in [-0.39, 0.29) is 28.6 Å². The van der Waals surface area contributed by atoms with Crippen LogP contribution < -0.4 is 10.0 Å². The van der Waals surface area contributed by atoms with Crippen LogP contribution in [0.2, 0.25) is 5.02 Å². The largest absolute Gasteiger partial charge is 0.392 e. The monoisotopic (exact) mass is 380 g/mol. The lowest BCUT2D eigenvalue weighted by Gasteiger charge is -2.10. The summed E-state index contributed by atoms with van der Waals surface area (Å²) in [5.41, 5.74) is 1.27. The molecular weight excluding hydrogens is 364 g/mol.